The van der Waals surface area contributed by atoms with E-state index in [4.69, 9.17) is 9.47 Å². The second kappa shape index (κ2) is 12.2. The van der Waals surface area contributed by atoms with Crippen molar-refractivity contribution in [2.75, 3.05) is 39.8 Å². The van der Waals surface area contributed by atoms with Gasteiger partial charge in [0.05, 0.1) is 13.0 Å². The smallest absolute Gasteiger partial charge is 0.410 e. The Morgan fingerprint density at radius 1 is 0.853 bits per heavy atom. The molecule has 2 aliphatic heterocycles. The van der Waals surface area contributed by atoms with Gasteiger partial charge in [0.15, 0.2) is 0 Å². The minimum Gasteiger partial charge on any atom is -0.469 e. The number of hydrogen-bond donors (Lipinski definition) is 1. The van der Waals surface area contributed by atoms with Crippen LogP contribution in [0.15, 0.2) is 0 Å². The minimum absolute atomic E-state index is 0.00839. The van der Waals surface area contributed by atoms with Gasteiger partial charge in [-0.25, -0.2) is 4.79 Å². The Kier molecular flexibility index (Phi) is 9.63. The molecule has 3 fully saturated rings. The standard InChI is InChI=1S/C26H45N3O5/c1-26(2,3)34-25(32)29-17-10-19(11-18-29)9-14-28-15-12-20(13-16-28)23(30)27-22-7-5-21(6-8-22)24(31)33-4/h19-22H,5-18H2,1-4H3,(H,27,30). The zero-order valence-electron chi connectivity index (χ0n) is 21.6. The third-order valence-electron chi connectivity index (χ3n) is 7.69. The van der Waals surface area contributed by atoms with Crippen molar-refractivity contribution in [1.29, 1.82) is 0 Å². The average molecular weight is 480 g/mol. The van der Waals surface area contributed by atoms with E-state index in [0.717, 1.165) is 90.5 Å². The number of methoxy groups -OCH3 is 1. The molecular weight excluding hydrogens is 434 g/mol. The van der Waals surface area contributed by atoms with E-state index in [0.29, 0.717) is 5.92 Å². The zero-order valence-corrected chi connectivity index (χ0v) is 21.6. The summed E-state index contributed by atoms with van der Waals surface area (Å²) in [6.07, 6.45) is 8.19. The molecule has 3 aliphatic rings. The maximum absolute atomic E-state index is 12.8. The van der Waals surface area contributed by atoms with Gasteiger partial charge < -0.3 is 24.6 Å². The lowest BCUT2D eigenvalue weighted by Crippen LogP contribution is -2.45. The summed E-state index contributed by atoms with van der Waals surface area (Å²) in [5.74, 6) is 0.818. The van der Waals surface area contributed by atoms with E-state index in [9.17, 15) is 14.4 Å². The summed E-state index contributed by atoms with van der Waals surface area (Å²) in [6.45, 7) is 10.3. The van der Waals surface area contributed by atoms with Gasteiger partial charge in [-0.1, -0.05) is 0 Å². The maximum atomic E-state index is 12.8. The topological polar surface area (TPSA) is 88.2 Å². The van der Waals surface area contributed by atoms with Crippen molar-refractivity contribution in [3.05, 3.63) is 0 Å². The number of likely N-dealkylation sites (tertiary alicyclic amines) is 2. The summed E-state index contributed by atoms with van der Waals surface area (Å²) in [5.41, 5.74) is -0.444. The van der Waals surface area contributed by atoms with E-state index in [2.05, 4.69) is 10.2 Å². The third-order valence-corrected chi connectivity index (χ3v) is 7.69. The summed E-state index contributed by atoms with van der Waals surface area (Å²) in [6, 6.07) is 0.193. The van der Waals surface area contributed by atoms with Crippen LogP contribution in [-0.4, -0.2) is 79.2 Å². The Bertz CT molecular complexity index is 683. The van der Waals surface area contributed by atoms with Crippen LogP contribution in [0.25, 0.3) is 0 Å². The summed E-state index contributed by atoms with van der Waals surface area (Å²) in [5, 5.41) is 3.24. The van der Waals surface area contributed by atoms with Gasteiger partial charge >= 0.3 is 12.1 Å². The highest BCUT2D eigenvalue weighted by molar-refractivity contribution is 5.79. The van der Waals surface area contributed by atoms with Crippen molar-refractivity contribution in [1.82, 2.24) is 15.1 Å². The predicted molar refractivity (Wildman–Crippen MR) is 130 cm³/mol. The van der Waals surface area contributed by atoms with Gasteiger partial charge in [-0.2, -0.15) is 0 Å². The SMILES string of the molecule is COC(=O)C1CCC(NC(=O)C2CCN(CCC3CCN(C(=O)OC(C)(C)C)CC3)CC2)CC1. The molecular formula is C26H45N3O5. The van der Waals surface area contributed by atoms with Crippen LogP contribution in [0.2, 0.25) is 0 Å². The molecule has 1 N–H and O–H groups in total. The molecule has 0 radical (unpaired) electrons. The molecule has 3 rings (SSSR count). The van der Waals surface area contributed by atoms with Gasteiger partial charge in [-0.05, 0) is 104 Å². The van der Waals surface area contributed by atoms with E-state index in [1.807, 2.05) is 25.7 Å². The van der Waals surface area contributed by atoms with Gasteiger partial charge in [0.1, 0.15) is 5.60 Å². The quantitative estimate of drug-likeness (QED) is 0.586. The Hall–Kier alpha value is -1.83. The van der Waals surface area contributed by atoms with E-state index < -0.39 is 5.60 Å². The van der Waals surface area contributed by atoms with Gasteiger partial charge in [0.25, 0.3) is 0 Å². The average Bonchev–Trinajstić information content (AvgIpc) is 2.82. The van der Waals surface area contributed by atoms with Gasteiger partial charge in [-0.15, -0.1) is 0 Å². The number of piperidine rings is 2. The Morgan fingerprint density at radius 2 is 1.47 bits per heavy atom. The first kappa shape index (κ1) is 26.8. The normalized spacial score (nSPS) is 25.6. The molecule has 2 amide bonds. The molecule has 34 heavy (non-hydrogen) atoms. The predicted octanol–water partition coefficient (Wildman–Crippen LogP) is 3.58. The molecule has 1 aliphatic carbocycles. The highest BCUT2D eigenvalue weighted by atomic mass is 16.6. The monoisotopic (exact) mass is 479 g/mol. The molecule has 1 saturated carbocycles. The van der Waals surface area contributed by atoms with Crippen molar-refractivity contribution in [2.24, 2.45) is 17.8 Å². The van der Waals surface area contributed by atoms with Crippen LogP contribution in [0.4, 0.5) is 4.79 Å². The molecule has 2 saturated heterocycles. The van der Waals surface area contributed by atoms with Gasteiger partial charge in [0, 0.05) is 25.0 Å². The van der Waals surface area contributed by atoms with Crippen LogP contribution >= 0.6 is 0 Å². The van der Waals surface area contributed by atoms with Crippen LogP contribution in [0.5, 0.6) is 0 Å². The van der Waals surface area contributed by atoms with Crippen molar-refractivity contribution in [3.8, 4) is 0 Å². The van der Waals surface area contributed by atoms with Gasteiger partial charge in [-0.3, -0.25) is 9.59 Å². The van der Waals surface area contributed by atoms with Crippen LogP contribution in [-0.2, 0) is 19.1 Å². The zero-order chi connectivity index (χ0) is 24.7. The highest BCUT2D eigenvalue weighted by Crippen LogP contribution is 2.27. The van der Waals surface area contributed by atoms with Gasteiger partial charge in [0.2, 0.25) is 5.91 Å². The lowest BCUT2D eigenvalue weighted by Gasteiger charge is -2.36. The lowest BCUT2D eigenvalue weighted by atomic mass is 9.85. The van der Waals surface area contributed by atoms with Crippen molar-refractivity contribution in [3.63, 3.8) is 0 Å². The molecule has 0 aromatic heterocycles. The summed E-state index contributed by atoms with van der Waals surface area (Å²) in [7, 11) is 1.44. The third kappa shape index (κ3) is 8.14. The second-order valence-electron chi connectivity index (χ2n) is 11.4. The molecule has 0 aromatic rings. The summed E-state index contributed by atoms with van der Waals surface area (Å²) < 4.78 is 10.3. The number of amides is 2. The Labute approximate surface area is 205 Å². The highest BCUT2D eigenvalue weighted by Gasteiger charge is 2.31. The van der Waals surface area contributed by atoms with E-state index in [-0.39, 0.29) is 35.8 Å². The summed E-state index contributed by atoms with van der Waals surface area (Å²) in [4.78, 5) is 41.0. The number of carbonyl (C=O) groups excluding carboxylic acids is 3. The molecule has 8 heteroatoms. The minimum atomic E-state index is -0.444. The van der Waals surface area contributed by atoms with E-state index >= 15 is 0 Å². The number of nitrogens with zero attached hydrogens (tertiary/aromatic N) is 2. The first-order valence-electron chi connectivity index (χ1n) is 13.2. The summed E-state index contributed by atoms with van der Waals surface area (Å²) >= 11 is 0. The largest absolute Gasteiger partial charge is 0.469 e. The molecule has 0 aromatic carbocycles. The molecule has 194 valence electrons. The molecule has 2 heterocycles. The molecule has 0 atom stereocenters. The fourth-order valence-electron chi connectivity index (χ4n) is 5.47. The second-order valence-corrected chi connectivity index (χ2v) is 11.4. The van der Waals surface area contributed by atoms with Crippen LogP contribution in [0, 0.1) is 17.8 Å². The lowest BCUT2D eigenvalue weighted by molar-refractivity contribution is -0.146. The van der Waals surface area contributed by atoms with Crippen LogP contribution < -0.4 is 5.32 Å². The fourth-order valence-corrected chi connectivity index (χ4v) is 5.47. The van der Waals surface area contributed by atoms with Crippen LogP contribution in [0.1, 0.15) is 78.6 Å². The van der Waals surface area contributed by atoms with Crippen LogP contribution in [0.3, 0.4) is 0 Å². The molecule has 0 spiro atoms. The number of carbonyl (C=O) groups is 3. The number of hydrogen-bond acceptors (Lipinski definition) is 6. The van der Waals surface area contributed by atoms with E-state index in [1.54, 1.807) is 0 Å². The number of rotatable bonds is 6. The number of esters is 1. The fraction of sp³-hybridized carbons (Fsp3) is 0.885. The van der Waals surface area contributed by atoms with Crippen molar-refractivity contribution in [2.45, 2.75) is 90.2 Å². The molecule has 0 unspecified atom stereocenters. The molecule has 0 bridgehead atoms. The number of ether oxygens (including phenoxy) is 2. The Balaban J connectivity index is 1.28. The molecule has 8 nitrogen and oxygen atoms in total. The number of nitrogens with one attached hydrogen (secondary N) is 1. The maximum Gasteiger partial charge on any atom is 0.410 e. The van der Waals surface area contributed by atoms with Crippen molar-refractivity contribution >= 4 is 18.0 Å². The Morgan fingerprint density at radius 3 is 2.03 bits per heavy atom. The van der Waals surface area contributed by atoms with E-state index in [1.165, 1.54) is 7.11 Å². The van der Waals surface area contributed by atoms with Crippen molar-refractivity contribution < 1.29 is 23.9 Å². The first-order valence-corrected chi connectivity index (χ1v) is 13.2. The first-order chi connectivity index (χ1) is 16.1.